The molecule has 0 aromatic heterocycles. The molecule has 1 fully saturated rings. The normalized spacial score (nSPS) is 20.3. The summed E-state index contributed by atoms with van der Waals surface area (Å²) in [6.07, 6.45) is 1.17. The second kappa shape index (κ2) is 6.35. The fourth-order valence-corrected chi connectivity index (χ4v) is 2.96. The summed E-state index contributed by atoms with van der Waals surface area (Å²) in [6.45, 7) is 9.29. The van der Waals surface area contributed by atoms with E-state index in [4.69, 9.17) is 5.73 Å². The van der Waals surface area contributed by atoms with Crippen LogP contribution in [0, 0.1) is 5.82 Å². The molecule has 1 aromatic rings. The molecule has 1 aromatic carbocycles. The average molecular weight is 265 g/mol. The highest BCUT2D eigenvalue weighted by molar-refractivity contribution is 5.42. The summed E-state index contributed by atoms with van der Waals surface area (Å²) in [6, 6.07) is 5.88. The van der Waals surface area contributed by atoms with Crippen LogP contribution in [0.4, 0.5) is 10.1 Å². The van der Waals surface area contributed by atoms with Crippen LogP contribution in [0.2, 0.25) is 0 Å². The van der Waals surface area contributed by atoms with Crippen molar-refractivity contribution in [1.82, 2.24) is 9.80 Å². The second-order valence-electron chi connectivity index (χ2n) is 5.22. The van der Waals surface area contributed by atoms with E-state index >= 15 is 0 Å². The van der Waals surface area contributed by atoms with Gasteiger partial charge in [0.15, 0.2) is 5.82 Å². The molecule has 2 rings (SSSR count). The van der Waals surface area contributed by atoms with Gasteiger partial charge in [-0.3, -0.25) is 9.80 Å². The largest absolute Gasteiger partial charge is 0.396 e. The zero-order valence-electron chi connectivity index (χ0n) is 11.9. The second-order valence-corrected chi connectivity index (χ2v) is 5.22. The molecule has 3 nitrogen and oxygen atoms in total. The molecular formula is C15H24FN3. The van der Waals surface area contributed by atoms with Gasteiger partial charge in [-0.25, -0.2) is 4.39 Å². The van der Waals surface area contributed by atoms with Gasteiger partial charge in [0.2, 0.25) is 0 Å². The van der Waals surface area contributed by atoms with Gasteiger partial charge in [0.1, 0.15) is 0 Å². The lowest BCUT2D eigenvalue weighted by atomic mass is 10.2. The van der Waals surface area contributed by atoms with Crippen LogP contribution in [0.25, 0.3) is 0 Å². The quantitative estimate of drug-likeness (QED) is 0.829. The maximum Gasteiger partial charge on any atom is 0.150 e. The van der Waals surface area contributed by atoms with Crippen molar-refractivity contribution in [2.45, 2.75) is 32.9 Å². The van der Waals surface area contributed by atoms with E-state index in [1.54, 1.807) is 6.07 Å². The summed E-state index contributed by atoms with van der Waals surface area (Å²) in [5.41, 5.74) is 6.57. The van der Waals surface area contributed by atoms with E-state index in [9.17, 15) is 4.39 Å². The van der Waals surface area contributed by atoms with Crippen LogP contribution in [-0.4, -0.2) is 42.0 Å². The number of nitrogens with zero attached hydrogens (tertiary/aromatic N) is 2. The van der Waals surface area contributed by atoms with Crippen molar-refractivity contribution in [3.05, 3.63) is 29.6 Å². The third-order valence-electron chi connectivity index (χ3n) is 4.08. The first-order valence-corrected chi connectivity index (χ1v) is 7.15. The van der Waals surface area contributed by atoms with Crippen LogP contribution in [0.15, 0.2) is 18.2 Å². The zero-order valence-corrected chi connectivity index (χ0v) is 11.9. The third kappa shape index (κ3) is 3.25. The van der Waals surface area contributed by atoms with Crippen LogP contribution < -0.4 is 5.73 Å². The highest BCUT2D eigenvalue weighted by Gasteiger charge is 2.26. The lowest BCUT2D eigenvalue weighted by Gasteiger charge is -2.26. The number of hydrogen-bond donors (Lipinski definition) is 1. The third-order valence-corrected chi connectivity index (χ3v) is 4.08. The monoisotopic (exact) mass is 265 g/mol. The molecule has 106 valence electrons. The number of nitrogens with two attached hydrogens (primary N) is 1. The topological polar surface area (TPSA) is 32.5 Å². The van der Waals surface area contributed by atoms with E-state index in [0.717, 1.165) is 26.2 Å². The van der Waals surface area contributed by atoms with Crippen molar-refractivity contribution >= 4 is 5.69 Å². The van der Waals surface area contributed by atoms with Crippen molar-refractivity contribution in [3.8, 4) is 0 Å². The average Bonchev–Trinajstić information content (AvgIpc) is 2.85. The maximum atomic E-state index is 13.9. The molecule has 1 aliphatic heterocycles. The number of benzene rings is 1. The van der Waals surface area contributed by atoms with Gasteiger partial charge in [-0.05, 0) is 25.6 Å². The smallest absolute Gasteiger partial charge is 0.150 e. The lowest BCUT2D eigenvalue weighted by molar-refractivity contribution is 0.208. The molecule has 1 heterocycles. The molecule has 0 aliphatic carbocycles. The Morgan fingerprint density at radius 3 is 2.79 bits per heavy atom. The molecule has 2 N–H and O–H groups in total. The SMILES string of the molecule is CCN(CC)C1CCN(Cc2cccc(N)c2F)C1. The van der Waals surface area contributed by atoms with Gasteiger partial charge >= 0.3 is 0 Å². The predicted octanol–water partition coefficient (Wildman–Crippen LogP) is 2.32. The molecule has 0 radical (unpaired) electrons. The molecule has 0 spiro atoms. The standard InChI is InChI=1S/C15H24FN3/c1-3-19(4-2)13-8-9-18(11-13)10-12-6-5-7-14(17)15(12)16/h5-7,13H,3-4,8-11,17H2,1-2H3. The van der Waals surface area contributed by atoms with Crippen molar-refractivity contribution in [3.63, 3.8) is 0 Å². The van der Waals surface area contributed by atoms with Gasteiger partial charge in [-0.1, -0.05) is 26.0 Å². The summed E-state index contributed by atoms with van der Waals surface area (Å²) in [5.74, 6) is -0.256. The summed E-state index contributed by atoms with van der Waals surface area (Å²) in [5, 5.41) is 0. The van der Waals surface area contributed by atoms with Crippen LogP contribution in [-0.2, 0) is 6.54 Å². The Balaban J connectivity index is 1.97. The summed E-state index contributed by atoms with van der Waals surface area (Å²) in [4.78, 5) is 4.80. The molecule has 19 heavy (non-hydrogen) atoms. The van der Waals surface area contributed by atoms with E-state index in [1.807, 2.05) is 12.1 Å². The van der Waals surface area contributed by atoms with E-state index in [-0.39, 0.29) is 11.5 Å². The predicted molar refractivity (Wildman–Crippen MR) is 77.4 cm³/mol. The van der Waals surface area contributed by atoms with Crippen LogP contribution in [0.1, 0.15) is 25.8 Å². The lowest BCUT2D eigenvalue weighted by Crippen LogP contribution is -2.37. The van der Waals surface area contributed by atoms with Crippen molar-refractivity contribution in [1.29, 1.82) is 0 Å². The first-order valence-electron chi connectivity index (χ1n) is 7.15. The highest BCUT2D eigenvalue weighted by atomic mass is 19.1. The Morgan fingerprint density at radius 2 is 2.11 bits per heavy atom. The van der Waals surface area contributed by atoms with Gasteiger partial charge in [-0.2, -0.15) is 0 Å². The van der Waals surface area contributed by atoms with Crippen LogP contribution in [0.3, 0.4) is 0 Å². The maximum absolute atomic E-state index is 13.9. The van der Waals surface area contributed by atoms with Gasteiger partial charge in [-0.15, -0.1) is 0 Å². The number of rotatable bonds is 5. The minimum absolute atomic E-state index is 0.247. The first-order chi connectivity index (χ1) is 9.15. The minimum Gasteiger partial charge on any atom is -0.396 e. The Labute approximate surface area is 115 Å². The number of anilines is 1. The summed E-state index contributed by atoms with van der Waals surface area (Å²) < 4.78 is 13.9. The molecular weight excluding hydrogens is 241 g/mol. The van der Waals surface area contributed by atoms with Gasteiger partial charge in [0.25, 0.3) is 0 Å². The number of halogens is 1. The summed E-state index contributed by atoms with van der Waals surface area (Å²) >= 11 is 0. The van der Waals surface area contributed by atoms with E-state index in [1.165, 1.54) is 6.42 Å². The van der Waals surface area contributed by atoms with Gasteiger partial charge < -0.3 is 5.73 Å². The van der Waals surface area contributed by atoms with Gasteiger partial charge in [0, 0.05) is 31.2 Å². The molecule has 1 atom stereocenters. The molecule has 0 bridgehead atoms. The number of hydrogen-bond acceptors (Lipinski definition) is 3. The Hall–Kier alpha value is -1.13. The Kier molecular flexibility index (Phi) is 4.77. The van der Waals surface area contributed by atoms with Crippen LogP contribution in [0.5, 0.6) is 0 Å². The fourth-order valence-electron chi connectivity index (χ4n) is 2.96. The highest BCUT2D eigenvalue weighted by Crippen LogP contribution is 2.21. The van der Waals surface area contributed by atoms with Crippen LogP contribution >= 0.6 is 0 Å². The molecule has 1 unspecified atom stereocenters. The van der Waals surface area contributed by atoms with Crippen molar-refractivity contribution in [2.24, 2.45) is 0 Å². The number of likely N-dealkylation sites (tertiary alicyclic amines) is 1. The number of likely N-dealkylation sites (N-methyl/N-ethyl adjacent to an activating group) is 1. The van der Waals surface area contributed by atoms with E-state index < -0.39 is 0 Å². The minimum atomic E-state index is -0.256. The van der Waals surface area contributed by atoms with Crippen molar-refractivity contribution < 1.29 is 4.39 Å². The Bertz CT molecular complexity index is 418. The fraction of sp³-hybridized carbons (Fsp3) is 0.600. The van der Waals surface area contributed by atoms with E-state index in [0.29, 0.717) is 18.2 Å². The summed E-state index contributed by atoms with van der Waals surface area (Å²) in [7, 11) is 0. The molecule has 4 heteroatoms. The number of nitrogen functional groups attached to an aromatic ring is 1. The molecule has 0 saturated carbocycles. The molecule has 1 saturated heterocycles. The van der Waals surface area contributed by atoms with E-state index in [2.05, 4.69) is 23.6 Å². The first kappa shape index (κ1) is 14.3. The molecule has 0 amide bonds. The molecule has 1 aliphatic rings. The van der Waals surface area contributed by atoms with Gasteiger partial charge in [0.05, 0.1) is 5.69 Å². The Morgan fingerprint density at radius 1 is 1.37 bits per heavy atom. The van der Waals surface area contributed by atoms with Crippen molar-refractivity contribution in [2.75, 3.05) is 31.9 Å². The zero-order chi connectivity index (χ0) is 13.8.